The van der Waals surface area contributed by atoms with Crippen molar-refractivity contribution < 1.29 is 14.6 Å². The Labute approximate surface area is 105 Å². The fourth-order valence-corrected chi connectivity index (χ4v) is 1.58. The fraction of sp³-hybridized carbons (Fsp3) is 0.143. The van der Waals surface area contributed by atoms with Crippen molar-refractivity contribution in [1.82, 2.24) is 4.98 Å². The first-order valence-corrected chi connectivity index (χ1v) is 5.64. The zero-order valence-corrected chi connectivity index (χ0v) is 9.96. The normalized spacial score (nSPS) is 10.9. The van der Waals surface area contributed by atoms with Gasteiger partial charge in [-0.1, -0.05) is 18.2 Å². The van der Waals surface area contributed by atoms with Crippen LogP contribution in [0.5, 0.6) is 5.75 Å². The summed E-state index contributed by atoms with van der Waals surface area (Å²) in [4.78, 5) is 15.4. The summed E-state index contributed by atoms with van der Waals surface area (Å²) in [5.74, 6) is -0.282. The van der Waals surface area contributed by atoms with Gasteiger partial charge in [0.15, 0.2) is 0 Å². The molecule has 0 atom stereocenters. The molecule has 2 aromatic rings. The Morgan fingerprint density at radius 1 is 1.39 bits per heavy atom. The van der Waals surface area contributed by atoms with Crippen molar-refractivity contribution in [1.29, 1.82) is 0 Å². The van der Waals surface area contributed by atoms with Gasteiger partial charge in [0.2, 0.25) is 0 Å². The number of esters is 1. The molecule has 92 valence electrons. The van der Waals surface area contributed by atoms with E-state index in [1.165, 1.54) is 6.08 Å². The highest BCUT2D eigenvalue weighted by Gasteiger charge is 2.01. The van der Waals surface area contributed by atoms with Gasteiger partial charge in [0.25, 0.3) is 0 Å². The predicted molar refractivity (Wildman–Crippen MR) is 69.1 cm³/mol. The lowest BCUT2D eigenvalue weighted by atomic mass is 10.2. The van der Waals surface area contributed by atoms with E-state index < -0.39 is 5.97 Å². The van der Waals surface area contributed by atoms with Gasteiger partial charge >= 0.3 is 5.97 Å². The summed E-state index contributed by atoms with van der Waals surface area (Å²) in [5, 5.41) is 10.5. The second-order valence-electron chi connectivity index (χ2n) is 3.67. The monoisotopic (exact) mass is 243 g/mol. The minimum Gasteiger partial charge on any atom is -0.506 e. The number of hydrogen-bond donors (Lipinski definition) is 1. The molecule has 2 rings (SSSR count). The molecule has 0 bridgehead atoms. The van der Waals surface area contributed by atoms with E-state index in [-0.39, 0.29) is 5.75 Å². The number of carbonyl (C=O) groups is 1. The number of fused-ring (bicyclic) bond motifs is 1. The molecule has 0 aliphatic rings. The highest BCUT2D eigenvalue weighted by Crippen LogP contribution is 2.22. The lowest BCUT2D eigenvalue weighted by Gasteiger charge is -2.01. The average molecular weight is 243 g/mol. The smallest absolute Gasteiger partial charge is 0.330 e. The number of phenolic OH excluding ortho intramolecular Hbond substituents is 1. The third kappa shape index (κ3) is 2.66. The number of pyridine rings is 1. The van der Waals surface area contributed by atoms with Gasteiger partial charge in [-0.3, -0.25) is 0 Å². The second kappa shape index (κ2) is 5.31. The van der Waals surface area contributed by atoms with Gasteiger partial charge in [0.05, 0.1) is 12.3 Å². The Hall–Kier alpha value is -2.36. The summed E-state index contributed by atoms with van der Waals surface area (Å²) in [6, 6.07) is 8.81. The van der Waals surface area contributed by atoms with Crippen LogP contribution in [-0.4, -0.2) is 22.7 Å². The van der Waals surface area contributed by atoms with Crippen LogP contribution in [0.1, 0.15) is 12.6 Å². The van der Waals surface area contributed by atoms with Crippen molar-refractivity contribution in [3.05, 3.63) is 42.1 Å². The van der Waals surface area contributed by atoms with Crippen LogP contribution >= 0.6 is 0 Å². The van der Waals surface area contributed by atoms with Crippen LogP contribution in [0, 0.1) is 0 Å². The van der Waals surface area contributed by atoms with Gasteiger partial charge in [-0.05, 0) is 25.1 Å². The molecule has 0 saturated heterocycles. The Balaban J connectivity index is 2.30. The third-order valence-electron chi connectivity index (χ3n) is 2.40. The molecule has 1 N–H and O–H groups in total. The van der Waals surface area contributed by atoms with E-state index in [9.17, 15) is 9.90 Å². The van der Waals surface area contributed by atoms with Gasteiger partial charge in [-0.15, -0.1) is 0 Å². The number of phenols is 1. The molecule has 0 spiro atoms. The van der Waals surface area contributed by atoms with Gasteiger partial charge in [-0.25, -0.2) is 9.78 Å². The Morgan fingerprint density at radius 2 is 2.22 bits per heavy atom. The molecular formula is C14H13NO3. The molecule has 0 amide bonds. The van der Waals surface area contributed by atoms with E-state index in [0.29, 0.717) is 17.8 Å². The topological polar surface area (TPSA) is 59.4 Å². The van der Waals surface area contributed by atoms with E-state index in [4.69, 9.17) is 4.74 Å². The summed E-state index contributed by atoms with van der Waals surface area (Å²) in [7, 11) is 0. The second-order valence-corrected chi connectivity index (χ2v) is 3.67. The first-order chi connectivity index (χ1) is 8.70. The summed E-state index contributed by atoms with van der Waals surface area (Å²) < 4.78 is 4.77. The number of aromatic hydroxyl groups is 1. The summed E-state index contributed by atoms with van der Waals surface area (Å²) in [6.45, 7) is 2.09. The number of aromatic nitrogens is 1. The number of nitrogens with zero attached hydrogens (tertiary/aromatic N) is 1. The lowest BCUT2D eigenvalue weighted by molar-refractivity contribution is -0.137. The number of rotatable bonds is 3. The van der Waals surface area contributed by atoms with E-state index in [0.717, 1.165) is 5.39 Å². The zero-order valence-electron chi connectivity index (χ0n) is 9.96. The molecule has 0 aliphatic carbocycles. The van der Waals surface area contributed by atoms with Gasteiger partial charge in [-0.2, -0.15) is 0 Å². The lowest BCUT2D eigenvalue weighted by Crippen LogP contribution is -1.98. The standard InChI is InChI=1S/C14H13NO3/c1-2-18-13(17)9-8-11-7-6-10-4-3-5-12(16)14(10)15-11/h3-9,16H,2H2,1H3. The van der Waals surface area contributed by atoms with Crippen LogP contribution in [0.4, 0.5) is 0 Å². The predicted octanol–water partition coefficient (Wildman–Crippen LogP) is 2.52. The highest BCUT2D eigenvalue weighted by molar-refractivity contribution is 5.88. The first kappa shape index (κ1) is 12.1. The van der Waals surface area contributed by atoms with Gasteiger partial charge in [0, 0.05) is 11.5 Å². The van der Waals surface area contributed by atoms with Crippen LogP contribution in [-0.2, 0) is 9.53 Å². The molecule has 4 heteroatoms. The van der Waals surface area contributed by atoms with Crippen molar-refractivity contribution in [2.24, 2.45) is 0 Å². The van der Waals surface area contributed by atoms with E-state index in [1.54, 1.807) is 31.2 Å². The zero-order chi connectivity index (χ0) is 13.0. The number of benzene rings is 1. The SMILES string of the molecule is CCOC(=O)C=Cc1ccc2cccc(O)c2n1. The fourth-order valence-electron chi connectivity index (χ4n) is 1.58. The molecule has 1 aromatic carbocycles. The number of para-hydroxylation sites is 1. The van der Waals surface area contributed by atoms with Crippen LogP contribution in [0.25, 0.3) is 17.0 Å². The maximum atomic E-state index is 11.2. The summed E-state index contributed by atoms with van der Waals surface area (Å²) >= 11 is 0. The Kier molecular flexibility index (Phi) is 3.57. The van der Waals surface area contributed by atoms with Gasteiger partial charge < -0.3 is 9.84 Å². The molecule has 4 nitrogen and oxygen atoms in total. The van der Waals surface area contributed by atoms with Crippen molar-refractivity contribution >= 4 is 22.9 Å². The van der Waals surface area contributed by atoms with Crippen molar-refractivity contribution in [3.63, 3.8) is 0 Å². The molecular weight excluding hydrogens is 230 g/mol. The maximum Gasteiger partial charge on any atom is 0.330 e. The van der Waals surface area contributed by atoms with E-state index in [2.05, 4.69) is 4.98 Å². The molecule has 0 aliphatic heterocycles. The molecule has 1 heterocycles. The third-order valence-corrected chi connectivity index (χ3v) is 2.40. The van der Waals surface area contributed by atoms with E-state index >= 15 is 0 Å². The molecule has 0 radical (unpaired) electrons. The molecule has 0 saturated carbocycles. The maximum absolute atomic E-state index is 11.2. The minimum absolute atomic E-state index is 0.124. The van der Waals surface area contributed by atoms with Crippen molar-refractivity contribution in [2.45, 2.75) is 6.92 Å². The molecule has 1 aromatic heterocycles. The summed E-state index contributed by atoms with van der Waals surface area (Å²) in [5.41, 5.74) is 1.11. The average Bonchev–Trinajstić information content (AvgIpc) is 2.37. The van der Waals surface area contributed by atoms with Crippen molar-refractivity contribution in [2.75, 3.05) is 6.61 Å². The van der Waals surface area contributed by atoms with Crippen LogP contribution in [0.3, 0.4) is 0 Å². The van der Waals surface area contributed by atoms with Crippen LogP contribution in [0.15, 0.2) is 36.4 Å². The Morgan fingerprint density at radius 3 is 3.00 bits per heavy atom. The summed E-state index contributed by atoms with van der Waals surface area (Å²) in [6.07, 6.45) is 2.88. The van der Waals surface area contributed by atoms with E-state index in [1.807, 2.05) is 12.1 Å². The largest absolute Gasteiger partial charge is 0.506 e. The number of ether oxygens (including phenoxy) is 1. The number of carbonyl (C=O) groups excluding carboxylic acids is 1. The van der Waals surface area contributed by atoms with Gasteiger partial charge in [0.1, 0.15) is 11.3 Å². The minimum atomic E-state index is -0.406. The van der Waals surface area contributed by atoms with Crippen LogP contribution in [0.2, 0.25) is 0 Å². The molecule has 0 fully saturated rings. The molecule has 18 heavy (non-hydrogen) atoms. The van der Waals surface area contributed by atoms with Crippen LogP contribution < -0.4 is 0 Å². The number of hydrogen-bond acceptors (Lipinski definition) is 4. The quantitative estimate of drug-likeness (QED) is 0.664. The Bertz CT molecular complexity index is 605. The van der Waals surface area contributed by atoms with Crippen molar-refractivity contribution in [3.8, 4) is 5.75 Å². The first-order valence-electron chi connectivity index (χ1n) is 5.64. The highest BCUT2D eigenvalue weighted by atomic mass is 16.5. The molecule has 0 unspecified atom stereocenters.